The third kappa shape index (κ3) is 4.19. The molecule has 0 spiro atoms. The third-order valence-corrected chi connectivity index (χ3v) is 3.18. The Morgan fingerprint density at radius 1 is 1.53 bits per heavy atom. The zero-order valence-electron chi connectivity index (χ0n) is 10.2. The smallest absolute Gasteiger partial charge is 0.102 e. The molecule has 1 saturated heterocycles. The quantitative estimate of drug-likeness (QED) is 0.770. The number of rotatable bonds is 3. The van der Waals surface area contributed by atoms with E-state index in [1.165, 1.54) is 12.8 Å². The molecule has 1 aliphatic heterocycles. The molecule has 0 saturated carbocycles. The highest BCUT2D eigenvalue weighted by atomic mass is 15.1. The van der Waals surface area contributed by atoms with Crippen LogP contribution in [-0.4, -0.2) is 30.1 Å². The maximum absolute atomic E-state index is 8.83. The zero-order valence-corrected chi connectivity index (χ0v) is 10.2. The van der Waals surface area contributed by atoms with Crippen LogP contribution >= 0.6 is 0 Å². The van der Waals surface area contributed by atoms with E-state index in [1.807, 2.05) is 6.92 Å². The first-order valence-electron chi connectivity index (χ1n) is 5.77. The predicted molar refractivity (Wildman–Crippen MR) is 62.3 cm³/mol. The summed E-state index contributed by atoms with van der Waals surface area (Å²) in [7, 11) is 0. The van der Waals surface area contributed by atoms with Crippen molar-refractivity contribution in [3.05, 3.63) is 0 Å². The summed E-state index contributed by atoms with van der Waals surface area (Å²) in [6.45, 7) is 9.67. The van der Waals surface area contributed by atoms with Crippen LogP contribution in [0.25, 0.3) is 0 Å². The topological polar surface area (TPSA) is 53.1 Å². The molecule has 3 heteroatoms. The summed E-state index contributed by atoms with van der Waals surface area (Å²) in [5, 5.41) is 8.83. The summed E-state index contributed by atoms with van der Waals surface area (Å²) in [5.41, 5.74) is 5.57. The summed E-state index contributed by atoms with van der Waals surface area (Å²) in [6, 6.07) is 2.15. The molecule has 0 aromatic rings. The van der Waals surface area contributed by atoms with Crippen LogP contribution in [0.3, 0.4) is 0 Å². The molecule has 0 aromatic carbocycles. The Balaban J connectivity index is 2.37. The van der Waals surface area contributed by atoms with E-state index in [4.69, 9.17) is 11.0 Å². The Morgan fingerprint density at radius 3 is 2.73 bits per heavy atom. The zero-order chi connectivity index (χ0) is 11.5. The second-order valence-corrected chi connectivity index (χ2v) is 5.82. The van der Waals surface area contributed by atoms with Crippen molar-refractivity contribution in [2.75, 3.05) is 19.6 Å². The average molecular weight is 209 g/mol. The molecule has 1 rings (SSSR count). The molecule has 1 unspecified atom stereocenters. The van der Waals surface area contributed by atoms with Gasteiger partial charge in [0.1, 0.15) is 5.54 Å². The molecule has 1 heterocycles. The summed E-state index contributed by atoms with van der Waals surface area (Å²) < 4.78 is 0. The average Bonchev–Trinajstić information content (AvgIpc) is 2.14. The van der Waals surface area contributed by atoms with E-state index >= 15 is 0 Å². The lowest BCUT2D eigenvalue weighted by molar-refractivity contribution is 0.113. The molecule has 0 radical (unpaired) electrons. The molecule has 0 amide bonds. The van der Waals surface area contributed by atoms with Crippen molar-refractivity contribution in [1.29, 1.82) is 5.26 Å². The van der Waals surface area contributed by atoms with Gasteiger partial charge in [-0.25, -0.2) is 0 Å². The number of nitrogens with zero attached hydrogens (tertiary/aromatic N) is 2. The molecular weight excluding hydrogens is 186 g/mol. The minimum absolute atomic E-state index is 0.426. The highest BCUT2D eigenvalue weighted by Crippen LogP contribution is 2.28. The highest BCUT2D eigenvalue weighted by Gasteiger charge is 2.27. The van der Waals surface area contributed by atoms with Crippen LogP contribution in [-0.2, 0) is 0 Å². The third-order valence-electron chi connectivity index (χ3n) is 3.18. The molecule has 3 nitrogen and oxygen atoms in total. The fraction of sp³-hybridized carbons (Fsp3) is 0.917. The van der Waals surface area contributed by atoms with Crippen molar-refractivity contribution >= 4 is 0 Å². The van der Waals surface area contributed by atoms with Gasteiger partial charge in [0, 0.05) is 13.1 Å². The molecule has 0 aromatic heterocycles. The molecule has 1 aliphatic rings. The number of hydrogen-bond acceptors (Lipinski definition) is 3. The first-order valence-corrected chi connectivity index (χ1v) is 5.77. The van der Waals surface area contributed by atoms with Crippen molar-refractivity contribution in [3.63, 3.8) is 0 Å². The van der Waals surface area contributed by atoms with Crippen LogP contribution in [0, 0.1) is 16.7 Å². The Labute approximate surface area is 93.2 Å². The molecular formula is C12H23N3. The number of piperidine rings is 1. The minimum Gasteiger partial charge on any atom is -0.314 e. The normalized spacial score (nSPS) is 25.5. The summed E-state index contributed by atoms with van der Waals surface area (Å²) in [4.78, 5) is 2.44. The van der Waals surface area contributed by atoms with Gasteiger partial charge < -0.3 is 10.6 Å². The Bertz CT molecular complexity index is 250. The predicted octanol–water partition coefficient (Wildman–Crippen LogP) is 1.74. The lowest BCUT2D eigenvalue weighted by Crippen LogP contribution is -2.44. The van der Waals surface area contributed by atoms with Crippen molar-refractivity contribution < 1.29 is 0 Å². The number of hydrogen-bond donors (Lipinski definition) is 1. The number of likely N-dealkylation sites (tertiary alicyclic amines) is 1. The van der Waals surface area contributed by atoms with Gasteiger partial charge in [0.15, 0.2) is 0 Å². The molecule has 86 valence electrons. The van der Waals surface area contributed by atoms with Gasteiger partial charge in [-0.2, -0.15) is 5.26 Å². The van der Waals surface area contributed by atoms with E-state index in [9.17, 15) is 0 Å². The SMILES string of the molecule is CC(N)(C#N)CCN1CCCC(C)(C)C1. The first-order chi connectivity index (χ1) is 6.85. The van der Waals surface area contributed by atoms with Crippen molar-refractivity contribution in [2.24, 2.45) is 11.1 Å². The molecule has 0 aliphatic carbocycles. The molecule has 0 bridgehead atoms. The van der Waals surface area contributed by atoms with Gasteiger partial charge in [-0.15, -0.1) is 0 Å². The Morgan fingerprint density at radius 2 is 2.20 bits per heavy atom. The van der Waals surface area contributed by atoms with E-state index in [0.717, 1.165) is 26.1 Å². The lowest BCUT2D eigenvalue weighted by atomic mass is 9.84. The van der Waals surface area contributed by atoms with Crippen molar-refractivity contribution in [1.82, 2.24) is 4.90 Å². The van der Waals surface area contributed by atoms with Crippen LogP contribution in [0.5, 0.6) is 0 Å². The van der Waals surface area contributed by atoms with Gasteiger partial charge in [-0.1, -0.05) is 13.8 Å². The Kier molecular flexibility index (Phi) is 3.75. The van der Waals surface area contributed by atoms with Crippen LogP contribution in [0.4, 0.5) is 0 Å². The highest BCUT2D eigenvalue weighted by molar-refractivity contribution is 5.01. The van der Waals surface area contributed by atoms with Gasteiger partial charge in [-0.3, -0.25) is 0 Å². The van der Waals surface area contributed by atoms with Gasteiger partial charge in [-0.05, 0) is 38.1 Å². The second-order valence-electron chi connectivity index (χ2n) is 5.82. The maximum Gasteiger partial charge on any atom is 0.102 e. The largest absolute Gasteiger partial charge is 0.314 e. The summed E-state index contributed by atoms with van der Waals surface area (Å²) in [6.07, 6.45) is 3.34. The fourth-order valence-corrected chi connectivity index (χ4v) is 2.18. The standard InChI is InChI=1S/C12H23N3/c1-11(2)5-4-7-15(10-11)8-6-12(3,14)9-13/h4-8,10,14H2,1-3H3. The van der Waals surface area contributed by atoms with E-state index in [-0.39, 0.29) is 0 Å². The van der Waals surface area contributed by atoms with Crippen LogP contribution < -0.4 is 5.73 Å². The van der Waals surface area contributed by atoms with E-state index in [1.54, 1.807) is 0 Å². The minimum atomic E-state index is -0.665. The van der Waals surface area contributed by atoms with Gasteiger partial charge >= 0.3 is 0 Å². The Hall–Kier alpha value is -0.590. The first kappa shape index (κ1) is 12.5. The maximum atomic E-state index is 8.83. The van der Waals surface area contributed by atoms with Crippen LogP contribution in [0.15, 0.2) is 0 Å². The van der Waals surface area contributed by atoms with Gasteiger partial charge in [0.2, 0.25) is 0 Å². The molecule has 15 heavy (non-hydrogen) atoms. The number of nitrogens with two attached hydrogens (primary N) is 1. The van der Waals surface area contributed by atoms with E-state index in [0.29, 0.717) is 5.41 Å². The molecule has 1 atom stereocenters. The summed E-state index contributed by atoms with van der Waals surface area (Å²) >= 11 is 0. The van der Waals surface area contributed by atoms with Crippen LogP contribution in [0.2, 0.25) is 0 Å². The van der Waals surface area contributed by atoms with Gasteiger partial charge in [0.25, 0.3) is 0 Å². The van der Waals surface area contributed by atoms with E-state index < -0.39 is 5.54 Å². The van der Waals surface area contributed by atoms with Crippen molar-refractivity contribution in [3.8, 4) is 6.07 Å². The monoisotopic (exact) mass is 209 g/mol. The number of nitriles is 1. The summed E-state index contributed by atoms with van der Waals surface area (Å²) in [5.74, 6) is 0. The van der Waals surface area contributed by atoms with Crippen molar-refractivity contribution in [2.45, 2.75) is 45.6 Å². The van der Waals surface area contributed by atoms with Gasteiger partial charge in [0.05, 0.1) is 6.07 Å². The molecule has 1 fully saturated rings. The molecule has 2 N–H and O–H groups in total. The fourth-order valence-electron chi connectivity index (χ4n) is 2.18. The van der Waals surface area contributed by atoms with E-state index in [2.05, 4.69) is 24.8 Å². The lowest BCUT2D eigenvalue weighted by Gasteiger charge is -2.38. The van der Waals surface area contributed by atoms with Crippen LogP contribution in [0.1, 0.15) is 40.0 Å². The second kappa shape index (κ2) is 4.51.